The van der Waals surface area contributed by atoms with E-state index in [9.17, 15) is 0 Å². The second kappa shape index (κ2) is 5.04. The zero-order valence-corrected chi connectivity index (χ0v) is 16.0. The maximum absolute atomic E-state index is 15.7. The number of alkyl halides is 2. The summed E-state index contributed by atoms with van der Waals surface area (Å²) < 4.78 is 33.2. The molecule has 0 spiro atoms. The Morgan fingerprint density at radius 1 is 0.889 bits per heavy atom. The molecule has 0 radical (unpaired) electrons. The van der Waals surface area contributed by atoms with Crippen molar-refractivity contribution >= 4 is 55.4 Å². The predicted octanol–water partition coefficient (Wildman–Crippen LogP) is 6.66. The first-order valence-electron chi connectivity index (χ1n) is 8.58. The van der Waals surface area contributed by atoms with E-state index in [1.54, 1.807) is 6.20 Å². The molecular formula is C22H11F2IN2. The minimum absolute atomic E-state index is 0.0341. The Kier molecular flexibility index (Phi) is 2.90. The number of pyridine rings is 1. The minimum Gasteiger partial charge on any atom is -0.281 e. The van der Waals surface area contributed by atoms with Crippen LogP contribution in [-0.4, -0.2) is 7.76 Å². The summed E-state index contributed by atoms with van der Waals surface area (Å²) in [5, 5.41) is 3.71. The molecule has 2 nitrogen and oxygen atoms in total. The average molecular weight is 468 g/mol. The van der Waals surface area contributed by atoms with Crippen LogP contribution in [0.5, 0.6) is 0 Å². The molecule has 0 atom stereocenters. The summed E-state index contributed by atoms with van der Waals surface area (Å²) in [6, 6.07) is 17.1. The van der Waals surface area contributed by atoms with Gasteiger partial charge in [0.2, 0.25) is 0 Å². The highest BCUT2D eigenvalue weighted by Crippen LogP contribution is 2.57. The third-order valence-corrected chi connectivity index (χ3v) is 6.52. The average Bonchev–Trinajstić information content (AvgIpc) is 3.12. The van der Waals surface area contributed by atoms with Gasteiger partial charge in [-0.3, -0.25) is 7.76 Å². The second-order valence-corrected chi connectivity index (χ2v) is 7.78. The fourth-order valence-electron chi connectivity index (χ4n) is 4.46. The van der Waals surface area contributed by atoms with Gasteiger partial charge < -0.3 is 0 Å². The molecule has 27 heavy (non-hydrogen) atoms. The third-order valence-electron chi connectivity index (χ3n) is 5.51. The van der Waals surface area contributed by atoms with Gasteiger partial charge in [0.15, 0.2) is 0 Å². The molecule has 130 valence electrons. The molecule has 1 aliphatic carbocycles. The molecule has 0 saturated carbocycles. The standard InChI is InChI=1S/C22H11F2IN2/c23-22(24)16-9-10-26-11-15(16)18-12-5-1-2-6-13(12)19-14-7-3-4-8-17(14)27(25)21(19)20(18)22/h1-11H. The van der Waals surface area contributed by atoms with E-state index in [0.717, 1.165) is 27.1 Å². The number of nitrogens with zero attached hydrogens (tertiary/aromatic N) is 2. The van der Waals surface area contributed by atoms with Crippen LogP contribution in [0.2, 0.25) is 0 Å². The van der Waals surface area contributed by atoms with Crippen molar-refractivity contribution in [3.05, 3.63) is 78.1 Å². The van der Waals surface area contributed by atoms with Crippen molar-refractivity contribution in [3.63, 3.8) is 0 Å². The van der Waals surface area contributed by atoms with E-state index in [1.807, 2.05) is 51.3 Å². The normalized spacial score (nSPS) is 14.8. The largest absolute Gasteiger partial charge is 0.301 e. The smallest absolute Gasteiger partial charge is 0.281 e. The molecule has 0 bridgehead atoms. The first-order valence-corrected chi connectivity index (χ1v) is 9.54. The van der Waals surface area contributed by atoms with E-state index in [2.05, 4.69) is 27.8 Å². The van der Waals surface area contributed by atoms with Crippen molar-refractivity contribution in [2.75, 3.05) is 0 Å². The van der Waals surface area contributed by atoms with Gasteiger partial charge in [0, 0.05) is 39.9 Å². The maximum Gasteiger partial charge on any atom is 0.301 e. The molecule has 2 aromatic heterocycles. The van der Waals surface area contributed by atoms with Crippen molar-refractivity contribution in [1.82, 2.24) is 7.76 Å². The Bertz CT molecular complexity index is 1420. The number of hydrogen-bond acceptors (Lipinski definition) is 1. The number of fused-ring (bicyclic) bond motifs is 10. The molecule has 0 amide bonds. The van der Waals surface area contributed by atoms with Gasteiger partial charge in [0.05, 0.1) is 39.5 Å². The summed E-state index contributed by atoms with van der Waals surface area (Å²) >= 11 is 2.14. The molecule has 0 saturated heterocycles. The van der Waals surface area contributed by atoms with E-state index in [-0.39, 0.29) is 11.1 Å². The lowest BCUT2D eigenvalue weighted by molar-refractivity contribution is 0.0494. The Morgan fingerprint density at radius 3 is 2.41 bits per heavy atom. The van der Waals surface area contributed by atoms with Crippen LogP contribution in [-0.2, 0) is 5.92 Å². The Balaban J connectivity index is 2.01. The lowest BCUT2D eigenvalue weighted by Gasteiger charge is -2.15. The Morgan fingerprint density at radius 2 is 1.59 bits per heavy atom. The van der Waals surface area contributed by atoms with Gasteiger partial charge in [-0.05, 0) is 22.9 Å². The van der Waals surface area contributed by atoms with Gasteiger partial charge in [0.1, 0.15) is 0 Å². The van der Waals surface area contributed by atoms with Crippen LogP contribution in [0.4, 0.5) is 8.78 Å². The monoisotopic (exact) mass is 468 g/mol. The zero-order chi connectivity index (χ0) is 18.3. The molecule has 0 aliphatic heterocycles. The van der Waals surface area contributed by atoms with E-state index in [4.69, 9.17) is 0 Å². The summed E-state index contributed by atoms with van der Waals surface area (Å²) in [4.78, 5) is 4.13. The number of benzene rings is 3. The quantitative estimate of drug-likeness (QED) is 0.233. The molecule has 6 rings (SSSR count). The predicted molar refractivity (Wildman–Crippen MR) is 113 cm³/mol. The summed E-state index contributed by atoms with van der Waals surface area (Å²) in [6.45, 7) is 0. The molecule has 5 heteroatoms. The molecule has 0 unspecified atom stereocenters. The number of halogens is 3. The van der Waals surface area contributed by atoms with Crippen molar-refractivity contribution < 1.29 is 8.78 Å². The van der Waals surface area contributed by atoms with E-state index < -0.39 is 5.92 Å². The SMILES string of the molecule is FC1(F)c2ccncc2-c2c1c1c(c3ccccc23)c2ccccc2n1I. The maximum atomic E-state index is 15.7. The molecule has 3 aromatic carbocycles. The lowest BCUT2D eigenvalue weighted by atomic mass is 9.93. The van der Waals surface area contributed by atoms with Crippen molar-refractivity contribution in [2.24, 2.45) is 0 Å². The molecule has 2 heterocycles. The first-order chi connectivity index (χ1) is 13.1. The summed E-state index contributed by atoms with van der Waals surface area (Å²) in [6.07, 6.45) is 3.01. The van der Waals surface area contributed by atoms with Gasteiger partial charge >= 0.3 is 5.92 Å². The van der Waals surface area contributed by atoms with Crippen molar-refractivity contribution in [3.8, 4) is 11.1 Å². The minimum atomic E-state index is -3.06. The summed E-state index contributed by atoms with van der Waals surface area (Å²) in [5.74, 6) is -3.06. The van der Waals surface area contributed by atoms with Gasteiger partial charge in [-0.15, -0.1) is 0 Å². The highest BCUT2D eigenvalue weighted by atomic mass is 127. The van der Waals surface area contributed by atoms with E-state index in [1.165, 1.54) is 12.3 Å². The molecular weight excluding hydrogens is 457 g/mol. The molecule has 0 N–H and O–H groups in total. The number of para-hydroxylation sites is 1. The summed E-state index contributed by atoms with van der Waals surface area (Å²) in [7, 11) is 0. The van der Waals surface area contributed by atoms with Crippen LogP contribution < -0.4 is 0 Å². The number of aromatic nitrogens is 2. The molecule has 1 aliphatic rings. The second-order valence-electron chi connectivity index (χ2n) is 6.81. The fourth-order valence-corrected chi connectivity index (χ4v) is 5.36. The van der Waals surface area contributed by atoms with Crippen LogP contribution >= 0.6 is 22.9 Å². The Labute approximate surface area is 166 Å². The topological polar surface area (TPSA) is 17.8 Å². The van der Waals surface area contributed by atoms with E-state index in [0.29, 0.717) is 16.6 Å². The number of rotatable bonds is 0. The molecule has 5 aromatic rings. The fraction of sp³-hybridized carbons (Fsp3) is 0.0455. The third kappa shape index (κ3) is 1.76. The van der Waals surface area contributed by atoms with Crippen molar-refractivity contribution in [1.29, 1.82) is 0 Å². The first kappa shape index (κ1) is 15.5. The zero-order valence-electron chi connectivity index (χ0n) is 13.9. The van der Waals surface area contributed by atoms with Crippen LogP contribution in [0.3, 0.4) is 0 Å². The number of hydrogen-bond donors (Lipinski definition) is 0. The van der Waals surface area contributed by atoms with Gasteiger partial charge in [-0.2, -0.15) is 8.78 Å². The molecule has 0 fully saturated rings. The van der Waals surface area contributed by atoms with Crippen LogP contribution in [0.15, 0.2) is 67.0 Å². The highest BCUT2D eigenvalue weighted by molar-refractivity contribution is 14.1. The van der Waals surface area contributed by atoms with Gasteiger partial charge in [-0.25, -0.2) is 0 Å². The van der Waals surface area contributed by atoms with Crippen molar-refractivity contribution in [2.45, 2.75) is 5.92 Å². The van der Waals surface area contributed by atoms with E-state index >= 15 is 8.78 Å². The lowest BCUT2D eigenvalue weighted by Crippen LogP contribution is -2.12. The van der Waals surface area contributed by atoms with Gasteiger partial charge in [0.25, 0.3) is 0 Å². The Hall–Kier alpha value is -2.54. The van der Waals surface area contributed by atoms with Gasteiger partial charge in [-0.1, -0.05) is 42.5 Å². The van der Waals surface area contributed by atoms with Crippen LogP contribution in [0.25, 0.3) is 43.7 Å². The summed E-state index contributed by atoms with van der Waals surface area (Å²) in [5.41, 5.74) is 2.78. The van der Waals surface area contributed by atoms with Crippen LogP contribution in [0.1, 0.15) is 11.1 Å². The van der Waals surface area contributed by atoms with Crippen LogP contribution in [0, 0.1) is 0 Å². The highest BCUT2D eigenvalue weighted by Gasteiger charge is 2.47.